The average molecular weight is 573 g/mol. The molecule has 0 bridgehead atoms. The second-order valence-corrected chi connectivity index (χ2v) is 11.3. The first kappa shape index (κ1) is 28.9. The molecule has 0 saturated carbocycles. The summed E-state index contributed by atoms with van der Waals surface area (Å²) in [5.74, 6) is -0.207. The number of likely N-dealkylation sites (N-methyl/N-ethyl adjacent to an activating group) is 1. The molecule has 2 aromatic rings. The van der Waals surface area contributed by atoms with Gasteiger partial charge in [0, 0.05) is 19.2 Å². The van der Waals surface area contributed by atoms with Crippen LogP contribution in [-0.2, 0) is 26.2 Å². The summed E-state index contributed by atoms with van der Waals surface area (Å²) in [5, 5.41) is 3.42. The quantitative estimate of drug-likeness (QED) is 0.439. The lowest BCUT2D eigenvalue weighted by Crippen LogP contribution is -2.52. The summed E-state index contributed by atoms with van der Waals surface area (Å²) >= 11 is 12.2. The van der Waals surface area contributed by atoms with Crippen LogP contribution in [0.15, 0.2) is 36.4 Å². The van der Waals surface area contributed by atoms with Crippen LogP contribution in [-0.4, -0.2) is 63.2 Å². The molecule has 3 rings (SSSR count). The minimum atomic E-state index is -3.87. The Hall–Kier alpha value is -2.69. The van der Waals surface area contributed by atoms with Crippen molar-refractivity contribution >= 4 is 50.7 Å². The average Bonchev–Trinajstić information content (AvgIpc) is 2.88. The number of fused-ring (bicyclic) bond motifs is 1. The van der Waals surface area contributed by atoms with Gasteiger partial charge >= 0.3 is 0 Å². The van der Waals surface area contributed by atoms with E-state index in [2.05, 4.69) is 5.32 Å². The van der Waals surface area contributed by atoms with E-state index < -0.39 is 28.5 Å². The maximum atomic E-state index is 13.8. The van der Waals surface area contributed by atoms with E-state index >= 15 is 0 Å². The van der Waals surface area contributed by atoms with Crippen molar-refractivity contribution in [2.75, 3.05) is 36.4 Å². The number of hydrogen-bond acceptors (Lipinski definition) is 6. The van der Waals surface area contributed by atoms with Crippen molar-refractivity contribution in [3.05, 3.63) is 52.0 Å². The molecular weight excluding hydrogens is 541 g/mol. The van der Waals surface area contributed by atoms with Gasteiger partial charge in [0.15, 0.2) is 11.5 Å². The molecule has 1 heterocycles. The standard InChI is InChI=1S/C25H31Cl2N3O6S/c1-4-21(25(32)28-5-2)29(15-17-7-9-19(26)20(27)13-17)24(31)16-30(37(33,34)6-3)18-8-10-22-23(14-18)36-12-11-35-22/h7-10,13-14,21H,4-6,11-12,15-16H2,1-3H3,(H,28,32)/t21-/m1/s1. The van der Waals surface area contributed by atoms with Gasteiger partial charge in [-0.3, -0.25) is 13.9 Å². The van der Waals surface area contributed by atoms with Crippen LogP contribution in [0.1, 0.15) is 32.8 Å². The van der Waals surface area contributed by atoms with Crippen molar-refractivity contribution in [2.24, 2.45) is 0 Å². The van der Waals surface area contributed by atoms with E-state index in [4.69, 9.17) is 32.7 Å². The molecule has 202 valence electrons. The summed E-state index contributed by atoms with van der Waals surface area (Å²) in [6.45, 7) is 5.71. The molecule has 0 spiro atoms. The van der Waals surface area contributed by atoms with E-state index in [1.807, 2.05) is 0 Å². The smallest absolute Gasteiger partial charge is 0.244 e. The lowest BCUT2D eigenvalue weighted by molar-refractivity contribution is -0.140. The van der Waals surface area contributed by atoms with Crippen LogP contribution in [0.2, 0.25) is 10.0 Å². The normalized spacial score (nSPS) is 13.5. The number of carbonyl (C=O) groups is 2. The van der Waals surface area contributed by atoms with Crippen LogP contribution in [0, 0.1) is 0 Å². The number of carbonyl (C=O) groups excluding carboxylic acids is 2. The van der Waals surface area contributed by atoms with E-state index in [0.717, 1.165) is 4.31 Å². The van der Waals surface area contributed by atoms with Gasteiger partial charge in [-0.25, -0.2) is 8.42 Å². The molecule has 1 atom stereocenters. The number of amides is 2. The van der Waals surface area contributed by atoms with Gasteiger partial charge in [0.2, 0.25) is 21.8 Å². The summed E-state index contributed by atoms with van der Waals surface area (Å²) in [6.07, 6.45) is 0.323. The lowest BCUT2D eigenvalue weighted by Gasteiger charge is -2.33. The molecule has 0 aromatic heterocycles. The minimum absolute atomic E-state index is 0.0342. The fourth-order valence-corrected chi connectivity index (χ4v) is 5.33. The van der Waals surface area contributed by atoms with Crippen molar-refractivity contribution < 1.29 is 27.5 Å². The molecule has 9 nitrogen and oxygen atoms in total. The third-order valence-corrected chi connectivity index (χ3v) is 8.35. The van der Waals surface area contributed by atoms with Crippen LogP contribution >= 0.6 is 23.2 Å². The van der Waals surface area contributed by atoms with Gasteiger partial charge in [-0.1, -0.05) is 36.2 Å². The SMILES string of the molecule is CCNC(=O)[C@@H](CC)N(Cc1ccc(Cl)c(Cl)c1)C(=O)CN(c1ccc2c(c1)OCCO2)S(=O)(=O)CC. The predicted molar refractivity (Wildman–Crippen MR) is 144 cm³/mol. The molecule has 0 radical (unpaired) electrons. The Labute approximate surface area is 227 Å². The second-order valence-electron chi connectivity index (χ2n) is 8.32. The third-order valence-electron chi connectivity index (χ3n) is 5.87. The number of rotatable bonds is 11. The maximum absolute atomic E-state index is 13.8. The number of ether oxygens (including phenoxy) is 2. The zero-order valence-electron chi connectivity index (χ0n) is 21.0. The summed E-state index contributed by atoms with van der Waals surface area (Å²) in [4.78, 5) is 28.0. The van der Waals surface area contributed by atoms with Gasteiger partial charge in [0.1, 0.15) is 25.8 Å². The van der Waals surface area contributed by atoms with Crippen molar-refractivity contribution in [3.8, 4) is 11.5 Å². The lowest BCUT2D eigenvalue weighted by atomic mass is 10.1. The third kappa shape index (κ3) is 7.00. The number of anilines is 1. The van der Waals surface area contributed by atoms with Crippen LogP contribution in [0.3, 0.4) is 0 Å². The highest BCUT2D eigenvalue weighted by Gasteiger charge is 2.32. The Balaban J connectivity index is 1.99. The number of hydrogen-bond donors (Lipinski definition) is 1. The van der Waals surface area contributed by atoms with E-state index in [1.54, 1.807) is 50.2 Å². The van der Waals surface area contributed by atoms with Crippen LogP contribution in [0.5, 0.6) is 11.5 Å². The Morgan fingerprint density at radius 2 is 1.70 bits per heavy atom. The number of nitrogens with zero attached hydrogens (tertiary/aromatic N) is 2. The summed E-state index contributed by atoms with van der Waals surface area (Å²) in [6, 6.07) is 8.84. The van der Waals surface area contributed by atoms with E-state index in [1.165, 1.54) is 11.8 Å². The molecule has 1 N–H and O–H groups in total. The fourth-order valence-electron chi connectivity index (χ4n) is 3.95. The Bertz CT molecular complexity index is 1240. The molecule has 2 amide bonds. The zero-order valence-corrected chi connectivity index (χ0v) is 23.3. The molecule has 2 aromatic carbocycles. The van der Waals surface area contributed by atoms with Gasteiger partial charge in [-0.2, -0.15) is 0 Å². The number of nitrogens with one attached hydrogen (secondary N) is 1. The Morgan fingerprint density at radius 3 is 2.32 bits per heavy atom. The molecule has 0 unspecified atom stereocenters. The Kier molecular flexibility index (Phi) is 9.92. The van der Waals surface area contributed by atoms with E-state index in [9.17, 15) is 18.0 Å². The molecule has 0 saturated heterocycles. The molecular formula is C25H31Cl2N3O6S. The van der Waals surface area contributed by atoms with Crippen LogP contribution < -0.4 is 19.1 Å². The van der Waals surface area contributed by atoms with Gasteiger partial charge < -0.3 is 19.7 Å². The van der Waals surface area contributed by atoms with Crippen LogP contribution in [0.25, 0.3) is 0 Å². The zero-order chi connectivity index (χ0) is 27.2. The van der Waals surface area contributed by atoms with Crippen molar-refractivity contribution in [3.63, 3.8) is 0 Å². The molecule has 1 aliphatic heterocycles. The first-order valence-corrected chi connectivity index (χ1v) is 14.4. The largest absolute Gasteiger partial charge is 0.486 e. The van der Waals surface area contributed by atoms with E-state index in [0.29, 0.717) is 53.3 Å². The van der Waals surface area contributed by atoms with Gasteiger partial charge in [-0.05, 0) is 50.1 Å². The number of benzene rings is 2. The fraction of sp³-hybridized carbons (Fsp3) is 0.440. The highest BCUT2D eigenvalue weighted by atomic mass is 35.5. The predicted octanol–water partition coefficient (Wildman–Crippen LogP) is 3.86. The highest BCUT2D eigenvalue weighted by molar-refractivity contribution is 7.92. The van der Waals surface area contributed by atoms with Gasteiger partial charge in [-0.15, -0.1) is 0 Å². The first-order valence-electron chi connectivity index (χ1n) is 12.0. The first-order chi connectivity index (χ1) is 17.6. The monoisotopic (exact) mass is 571 g/mol. The minimum Gasteiger partial charge on any atom is -0.486 e. The highest BCUT2D eigenvalue weighted by Crippen LogP contribution is 2.35. The topological polar surface area (TPSA) is 105 Å². The molecule has 37 heavy (non-hydrogen) atoms. The van der Waals surface area contributed by atoms with E-state index in [-0.39, 0.29) is 23.9 Å². The molecule has 0 fully saturated rings. The Morgan fingerprint density at radius 1 is 1.00 bits per heavy atom. The maximum Gasteiger partial charge on any atom is 0.244 e. The second kappa shape index (κ2) is 12.7. The number of sulfonamides is 1. The van der Waals surface area contributed by atoms with Crippen molar-refractivity contribution in [1.82, 2.24) is 10.2 Å². The molecule has 0 aliphatic carbocycles. The summed E-state index contributed by atoms with van der Waals surface area (Å²) < 4.78 is 38.4. The molecule has 1 aliphatic rings. The van der Waals surface area contributed by atoms with Crippen molar-refractivity contribution in [2.45, 2.75) is 39.8 Å². The van der Waals surface area contributed by atoms with Gasteiger partial charge in [0.25, 0.3) is 0 Å². The van der Waals surface area contributed by atoms with Crippen molar-refractivity contribution in [1.29, 1.82) is 0 Å². The summed E-state index contributed by atoms with van der Waals surface area (Å²) in [7, 11) is -3.87. The number of halogens is 2. The molecule has 12 heteroatoms. The summed E-state index contributed by atoms with van der Waals surface area (Å²) in [5.41, 5.74) is 0.912. The van der Waals surface area contributed by atoms with Gasteiger partial charge in [0.05, 0.1) is 21.5 Å². The van der Waals surface area contributed by atoms with Crippen LogP contribution in [0.4, 0.5) is 5.69 Å².